The van der Waals surface area contributed by atoms with E-state index in [1.165, 1.54) is 18.5 Å². The molecule has 1 aromatic rings. The van der Waals surface area contributed by atoms with Crippen molar-refractivity contribution in [3.8, 4) is 0 Å². The van der Waals surface area contributed by atoms with E-state index in [0.717, 1.165) is 5.82 Å². The van der Waals surface area contributed by atoms with E-state index in [2.05, 4.69) is 9.36 Å². The lowest BCUT2D eigenvalue weighted by Gasteiger charge is -1.93. The number of nitrogens with zero attached hydrogens (tertiary/aromatic N) is 2. The van der Waals surface area contributed by atoms with E-state index in [-0.39, 0.29) is 5.78 Å². The number of hydrogen-bond acceptors (Lipinski definition) is 4. The van der Waals surface area contributed by atoms with Gasteiger partial charge in [-0.25, -0.2) is 4.98 Å². The minimum absolute atomic E-state index is 0.00519. The van der Waals surface area contributed by atoms with E-state index < -0.39 is 0 Å². The Kier molecular flexibility index (Phi) is 2.34. The number of ketones is 1. The van der Waals surface area contributed by atoms with Crippen molar-refractivity contribution in [2.45, 2.75) is 26.7 Å². The van der Waals surface area contributed by atoms with Gasteiger partial charge < -0.3 is 0 Å². The summed E-state index contributed by atoms with van der Waals surface area (Å²) in [6.45, 7) is 5.52. The monoisotopic (exact) mass is 170 g/mol. The van der Waals surface area contributed by atoms with Crippen LogP contribution in [0.3, 0.4) is 0 Å². The molecule has 0 aliphatic heterocycles. The highest BCUT2D eigenvalue weighted by Gasteiger charge is 2.09. The van der Waals surface area contributed by atoms with Crippen LogP contribution in [0.1, 0.15) is 42.3 Å². The fourth-order valence-electron chi connectivity index (χ4n) is 0.612. The van der Waals surface area contributed by atoms with E-state index in [4.69, 9.17) is 0 Å². The van der Waals surface area contributed by atoms with Crippen LogP contribution in [-0.2, 0) is 0 Å². The molecule has 1 heterocycles. The maximum atomic E-state index is 10.8. The second-order valence-electron chi connectivity index (χ2n) is 2.67. The molecule has 0 bridgehead atoms. The Morgan fingerprint density at radius 1 is 1.55 bits per heavy atom. The van der Waals surface area contributed by atoms with Crippen molar-refractivity contribution in [2.24, 2.45) is 0 Å². The standard InChI is InChI=1S/C7H10N2OS/c1-4(2)6-8-7(5(3)10)11-9-6/h4H,1-3H3. The number of carbonyl (C=O) groups excluding carboxylic acids is 1. The fourth-order valence-corrected chi connectivity index (χ4v) is 1.31. The van der Waals surface area contributed by atoms with Crippen molar-refractivity contribution < 1.29 is 4.79 Å². The molecular weight excluding hydrogens is 160 g/mol. The Morgan fingerprint density at radius 2 is 2.18 bits per heavy atom. The number of aromatic nitrogens is 2. The molecule has 3 nitrogen and oxygen atoms in total. The summed E-state index contributed by atoms with van der Waals surface area (Å²) in [4.78, 5) is 14.9. The lowest BCUT2D eigenvalue weighted by Crippen LogP contribution is -1.93. The van der Waals surface area contributed by atoms with Crippen molar-refractivity contribution >= 4 is 17.3 Å². The van der Waals surface area contributed by atoms with Gasteiger partial charge in [-0.1, -0.05) is 13.8 Å². The predicted octanol–water partition coefficient (Wildman–Crippen LogP) is 1.86. The van der Waals surface area contributed by atoms with E-state index >= 15 is 0 Å². The van der Waals surface area contributed by atoms with E-state index in [0.29, 0.717) is 10.9 Å². The summed E-state index contributed by atoms with van der Waals surface area (Å²) in [7, 11) is 0. The summed E-state index contributed by atoms with van der Waals surface area (Å²) >= 11 is 1.18. The number of rotatable bonds is 2. The van der Waals surface area contributed by atoms with Crippen LogP contribution < -0.4 is 0 Å². The molecule has 11 heavy (non-hydrogen) atoms. The quantitative estimate of drug-likeness (QED) is 0.636. The molecule has 0 fully saturated rings. The zero-order valence-corrected chi connectivity index (χ0v) is 7.60. The molecule has 0 atom stereocenters. The van der Waals surface area contributed by atoms with Gasteiger partial charge in [-0.15, -0.1) is 0 Å². The van der Waals surface area contributed by atoms with Crippen LogP contribution in [0.5, 0.6) is 0 Å². The van der Waals surface area contributed by atoms with Crippen molar-refractivity contribution in [3.63, 3.8) is 0 Å². The van der Waals surface area contributed by atoms with Crippen LogP contribution in [0, 0.1) is 0 Å². The third kappa shape index (κ3) is 1.83. The van der Waals surface area contributed by atoms with Crippen molar-refractivity contribution in [3.05, 3.63) is 10.8 Å². The third-order valence-corrected chi connectivity index (χ3v) is 2.09. The number of Topliss-reactive ketones (excluding diaryl/α,β-unsaturated/α-hetero) is 1. The molecule has 0 amide bonds. The topological polar surface area (TPSA) is 42.9 Å². The predicted molar refractivity (Wildman–Crippen MR) is 44.0 cm³/mol. The molecule has 1 rings (SSSR count). The molecular formula is C7H10N2OS. The summed E-state index contributed by atoms with van der Waals surface area (Å²) in [5.74, 6) is 1.06. The first-order chi connectivity index (χ1) is 5.11. The average Bonchev–Trinajstić information content (AvgIpc) is 2.33. The highest BCUT2D eigenvalue weighted by atomic mass is 32.1. The highest BCUT2D eigenvalue weighted by molar-refractivity contribution is 7.07. The molecule has 0 saturated carbocycles. The van der Waals surface area contributed by atoms with E-state index in [9.17, 15) is 4.79 Å². The minimum atomic E-state index is -0.00519. The van der Waals surface area contributed by atoms with Gasteiger partial charge in [-0.2, -0.15) is 4.37 Å². The van der Waals surface area contributed by atoms with Crippen molar-refractivity contribution in [1.82, 2.24) is 9.36 Å². The van der Waals surface area contributed by atoms with Gasteiger partial charge in [-0.3, -0.25) is 4.79 Å². The van der Waals surface area contributed by atoms with Gasteiger partial charge >= 0.3 is 0 Å². The molecule has 0 N–H and O–H groups in total. The zero-order valence-electron chi connectivity index (χ0n) is 6.79. The summed E-state index contributed by atoms with van der Waals surface area (Å²) < 4.78 is 4.05. The molecule has 0 radical (unpaired) electrons. The SMILES string of the molecule is CC(=O)c1nc(C(C)C)ns1. The third-order valence-electron chi connectivity index (χ3n) is 1.26. The second-order valence-corrected chi connectivity index (χ2v) is 3.42. The summed E-state index contributed by atoms with van der Waals surface area (Å²) in [5, 5.41) is 0.508. The van der Waals surface area contributed by atoms with Gasteiger partial charge in [0.15, 0.2) is 10.8 Å². The Bertz CT molecular complexity index is 267. The molecule has 1 aromatic heterocycles. The Hall–Kier alpha value is -0.770. The van der Waals surface area contributed by atoms with Crippen LogP contribution in [0.2, 0.25) is 0 Å². The first kappa shape index (κ1) is 8.33. The van der Waals surface area contributed by atoms with E-state index in [1.807, 2.05) is 13.8 Å². The van der Waals surface area contributed by atoms with Gasteiger partial charge in [0.25, 0.3) is 0 Å². The lowest BCUT2D eigenvalue weighted by atomic mass is 10.2. The summed E-state index contributed by atoms with van der Waals surface area (Å²) in [6.07, 6.45) is 0. The molecule has 0 aliphatic rings. The van der Waals surface area contributed by atoms with E-state index in [1.54, 1.807) is 0 Å². The molecule has 0 spiro atoms. The molecule has 60 valence electrons. The fraction of sp³-hybridized carbons (Fsp3) is 0.571. The Labute approximate surface area is 69.6 Å². The Morgan fingerprint density at radius 3 is 2.45 bits per heavy atom. The first-order valence-electron chi connectivity index (χ1n) is 3.46. The highest BCUT2D eigenvalue weighted by Crippen LogP contribution is 2.13. The van der Waals surface area contributed by atoms with Gasteiger partial charge in [0.1, 0.15) is 5.82 Å². The van der Waals surface area contributed by atoms with Crippen LogP contribution in [0.4, 0.5) is 0 Å². The van der Waals surface area contributed by atoms with Crippen molar-refractivity contribution in [1.29, 1.82) is 0 Å². The second kappa shape index (κ2) is 3.09. The van der Waals surface area contributed by atoms with Crippen LogP contribution in [0.15, 0.2) is 0 Å². The largest absolute Gasteiger partial charge is 0.292 e. The smallest absolute Gasteiger partial charge is 0.189 e. The van der Waals surface area contributed by atoms with Gasteiger partial charge in [0.2, 0.25) is 0 Å². The van der Waals surface area contributed by atoms with Gasteiger partial charge in [-0.05, 0) is 11.5 Å². The molecule has 0 aliphatic carbocycles. The van der Waals surface area contributed by atoms with Gasteiger partial charge in [0, 0.05) is 12.8 Å². The molecule has 0 unspecified atom stereocenters. The first-order valence-corrected chi connectivity index (χ1v) is 4.23. The number of carbonyl (C=O) groups is 1. The van der Waals surface area contributed by atoms with Crippen LogP contribution in [-0.4, -0.2) is 15.1 Å². The molecule has 0 saturated heterocycles. The normalized spacial score (nSPS) is 10.5. The molecule has 0 aromatic carbocycles. The zero-order chi connectivity index (χ0) is 8.43. The van der Waals surface area contributed by atoms with Gasteiger partial charge in [0.05, 0.1) is 0 Å². The Balaban J connectivity index is 2.90. The van der Waals surface area contributed by atoms with Crippen LogP contribution in [0.25, 0.3) is 0 Å². The lowest BCUT2D eigenvalue weighted by molar-refractivity contribution is 0.101. The van der Waals surface area contributed by atoms with Crippen molar-refractivity contribution in [2.75, 3.05) is 0 Å². The molecule has 4 heteroatoms. The maximum Gasteiger partial charge on any atom is 0.189 e. The maximum absolute atomic E-state index is 10.8. The van der Waals surface area contributed by atoms with Crippen LogP contribution >= 0.6 is 11.5 Å². The number of hydrogen-bond donors (Lipinski definition) is 0. The summed E-state index contributed by atoms with van der Waals surface area (Å²) in [5.41, 5.74) is 0. The average molecular weight is 170 g/mol. The minimum Gasteiger partial charge on any atom is -0.292 e. The summed E-state index contributed by atoms with van der Waals surface area (Å²) in [6, 6.07) is 0.